The molecule has 2 rings (SSSR count). The Morgan fingerprint density at radius 2 is 1.52 bits per heavy atom. The predicted molar refractivity (Wildman–Crippen MR) is 76.0 cm³/mol. The molecule has 2 aromatic carbocycles. The van der Waals surface area contributed by atoms with E-state index in [1.165, 1.54) is 13.0 Å². The molecule has 0 fully saturated rings. The number of rotatable bonds is 4. The van der Waals surface area contributed by atoms with Gasteiger partial charge in [0.2, 0.25) is 6.10 Å². The summed E-state index contributed by atoms with van der Waals surface area (Å²) in [7, 11) is 0. The summed E-state index contributed by atoms with van der Waals surface area (Å²) in [6, 6.07) is 14.6. The molecular weight excluding hydrogens is 279 g/mol. The summed E-state index contributed by atoms with van der Waals surface area (Å²) in [4.78, 5) is 0. The Labute approximate surface area is 121 Å². The summed E-state index contributed by atoms with van der Waals surface area (Å²) in [5.74, 6) is 0.170. The SMILES string of the molecule is CC(N)C(Oc1ccccc1-c1ccccc1)C(F)(F)F. The zero-order valence-corrected chi connectivity index (χ0v) is 11.5. The predicted octanol–water partition coefficient (Wildman–Crippen LogP) is 4.01. The minimum absolute atomic E-state index is 0.170. The van der Waals surface area contributed by atoms with Crippen LogP contribution in [-0.2, 0) is 0 Å². The van der Waals surface area contributed by atoms with Crippen LogP contribution in [-0.4, -0.2) is 18.3 Å². The third kappa shape index (κ3) is 3.76. The molecule has 0 radical (unpaired) electrons. The number of para-hydroxylation sites is 1. The zero-order valence-electron chi connectivity index (χ0n) is 11.5. The molecule has 0 aliphatic rings. The molecule has 112 valence electrons. The normalized spacial score (nSPS) is 14.5. The van der Waals surface area contributed by atoms with Gasteiger partial charge in [-0.1, -0.05) is 48.5 Å². The minimum Gasteiger partial charge on any atom is -0.479 e. The molecule has 2 N–H and O–H groups in total. The molecule has 0 aliphatic carbocycles. The van der Waals surface area contributed by atoms with Crippen LogP contribution in [0.3, 0.4) is 0 Å². The number of halogens is 3. The third-order valence-corrected chi connectivity index (χ3v) is 3.03. The molecule has 2 atom stereocenters. The second-order valence-electron chi connectivity index (χ2n) is 4.80. The van der Waals surface area contributed by atoms with Gasteiger partial charge in [0.05, 0.1) is 0 Å². The average molecular weight is 295 g/mol. The molecule has 21 heavy (non-hydrogen) atoms. The van der Waals surface area contributed by atoms with E-state index in [2.05, 4.69) is 0 Å². The first-order valence-electron chi connectivity index (χ1n) is 6.53. The van der Waals surface area contributed by atoms with E-state index < -0.39 is 18.3 Å². The summed E-state index contributed by atoms with van der Waals surface area (Å²) in [5, 5.41) is 0. The van der Waals surface area contributed by atoms with Crippen molar-refractivity contribution < 1.29 is 17.9 Å². The molecule has 0 aromatic heterocycles. The largest absolute Gasteiger partial charge is 0.479 e. The Bertz CT molecular complexity index is 582. The van der Waals surface area contributed by atoms with Gasteiger partial charge in [-0.05, 0) is 18.6 Å². The molecule has 0 amide bonds. The fourth-order valence-corrected chi connectivity index (χ4v) is 2.03. The first-order chi connectivity index (χ1) is 9.89. The van der Waals surface area contributed by atoms with E-state index >= 15 is 0 Å². The standard InChI is InChI=1S/C16H16F3NO/c1-11(20)15(16(17,18)19)21-14-10-6-5-9-13(14)12-7-3-2-4-8-12/h2-11,15H,20H2,1H3. The van der Waals surface area contributed by atoms with E-state index in [4.69, 9.17) is 10.5 Å². The van der Waals surface area contributed by atoms with Gasteiger partial charge in [0, 0.05) is 11.6 Å². The highest BCUT2D eigenvalue weighted by molar-refractivity contribution is 5.70. The maximum absolute atomic E-state index is 13.0. The maximum atomic E-state index is 13.0. The van der Waals surface area contributed by atoms with Gasteiger partial charge < -0.3 is 10.5 Å². The van der Waals surface area contributed by atoms with Crippen LogP contribution in [0.25, 0.3) is 11.1 Å². The van der Waals surface area contributed by atoms with Crippen LogP contribution >= 0.6 is 0 Å². The smallest absolute Gasteiger partial charge is 0.426 e. The van der Waals surface area contributed by atoms with Gasteiger partial charge >= 0.3 is 6.18 Å². The molecule has 0 spiro atoms. The van der Waals surface area contributed by atoms with Crippen LogP contribution in [0, 0.1) is 0 Å². The topological polar surface area (TPSA) is 35.2 Å². The van der Waals surface area contributed by atoms with Crippen molar-refractivity contribution in [1.29, 1.82) is 0 Å². The summed E-state index contributed by atoms with van der Waals surface area (Å²) in [6.45, 7) is 1.28. The quantitative estimate of drug-likeness (QED) is 0.925. The first-order valence-corrected chi connectivity index (χ1v) is 6.53. The Kier molecular flexibility index (Phi) is 4.53. The maximum Gasteiger partial charge on any atom is 0.426 e. The van der Waals surface area contributed by atoms with E-state index in [0.29, 0.717) is 5.56 Å². The van der Waals surface area contributed by atoms with Gasteiger partial charge in [0.25, 0.3) is 0 Å². The van der Waals surface area contributed by atoms with Gasteiger partial charge in [-0.25, -0.2) is 0 Å². The molecule has 2 unspecified atom stereocenters. The fourth-order valence-electron chi connectivity index (χ4n) is 2.03. The highest BCUT2D eigenvalue weighted by Crippen LogP contribution is 2.33. The van der Waals surface area contributed by atoms with Crippen molar-refractivity contribution in [2.45, 2.75) is 25.2 Å². The molecule has 2 nitrogen and oxygen atoms in total. The highest BCUT2D eigenvalue weighted by atomic mass is 19.4. The lowest BCUT2D eigenvalue weighted by atomic mass is 10.0. The molecular formula is C16H16F3NO. The van der Waals surface area contributed by atoms with Crippen LogP contribution < -0.4 is 10.5 Å². The zero-order chi connectivity index (χ0) is 15.5. The summed E-state index contributed by atoms with van der Waals surface area (Å²) < 4.78 is 44.1. The summed E-state index contributed by atoms with van der Waals surface area (Å²) in [5.41, 5.74) is 6.81. The van der Waals surface area contributed by atoms with Crippen LogP contribution in [0.4, 0.5) is 13.2 Å². The van der Waals surface area contributed by atoms with E-state index in [1.807, 2.05) is 30.3 Å². The van der Waals surface area contributed by atoms with Crippen molar-refractivity contribution in [1.82, 2.24) is 0 Å². The van der Waals surface area contributed by atoms with Crippen molar-refractivity contribution in [3.05, 3.63) is 54.6 Å². The monoisotopic (exact) mass is 295 g/mol. The van der Waals surface area contributed by atoms with Crippen molar-refractivity contribution in [2.75, 3.05) is 0 Å². The van der Waals surface area contributed by atoms with Crippen LogP contribution in [0.5, 0.6) is 5.75 Å². The Hall–Kier alpha value is -2.01. The highest BCUT2D eigenvalue weighted by Gasteiger charge is 2.44. The number of ether oxygens (including phenoxy) is 1. The van der Waals surface area contributed by atoms with Gasteiger partial charge in [-0.3, -0.25) is 0 Å². The van der Waals surface area contributed by atoms with Gasteiger partial charge in [0.1, 0.15) is 5.75 Å². The van der Waals surface area contributed by atoms with E-state index in [9.17, 15) is 13.2 Å². The first kappa shape index (κ1) is 15.4. The molecule has 5 heteroatoms. The van der Waals surface area contributed by atoms with E-state index in [0.717, 1.165) is 5.56 Å². The second kappa shape index (κ2) is 6.18. The molecule has 0 heterocycles. The van der Waals surface area contributed by atoms with E-state index in [-0.39, 0.29) is 5.75 Å². The Morgan fingerprint density at radius 3 is 2.10 bits per heavy atom. The van der Waals surface area contributed by atoms with Crippen molar-refractivity contribution in [3.63, 3.8) is 0 Å². The number of hydrogen-bond donors (Lipinski definition) is 1. The Morgan fingerprint density at radius 1 is 0.952 bits per heavy atom. The lowest BCUT2D eigenvalue weighted by Crippen LogP contribution is -2.47. The van der Waals surface area contributed by atoms with Gasteiger partial charge in [0.15, 0.2) is 0 Å². The average Bonchev–Trinajstić information content (AvgIpc) is 2.44. The summed E-state index contributed by atoms with van der Waals surface area (Å²) in [6.07, 6.45) is -6.56. The molecule has 0 bridgehead atoms. The molecule has 0 aliphatic heterocycles. The Balaban J connectivity index is 2.37. The van der Waals surface area contributed by atoms with Gasteiger partial charge in [-0.15, -0.1) is 0 Å². The second-order valence-corrected chi connectivity index (χ2v) is 4.80. The number of alkyl halides is 3. The lowest BCUT2D eigenvalue weighted by Gasteiger charge is -2.26. The van der Waals surface area contributed by atoms with Crippen LogP contribution in [0.1, 0.15) is 6.92 Å². The summed E-state index contributed by atoms with van der Waals surface area (Å²) >= 11 is 0. The van der Waals surface area contributed by atoms with Gasteiger partial charge in [-0.2, -0.15) is 13.2 Å². The van der Waals surface area contributed by atoms with Crippen molar-refractivity contribution in [3.8, 4) is 16.9 Å². The lowest BCUT2D eigenvalue weighted by molar-refractivity contribution is -0.199. The van der Waals surface area contributed by atoms with Crippen molar-refractivity contribution >= 4 is 0 Å². The van der Waals surface area contributed by atoms with Crippen LogP contribution in [0.15, 0.2) is 54.6 Å². The van der Waals surface area contributed by atoms with Crippen LogP contribution in [0.2, 0.25) is 0 Å². The number of nitrogens with two attached hydrogens (primary N) is 1. The molecule has 2 aromatic rings. The van der Waals surface area contributed by atoms with E-state index in [1.54, 1.807) is 18.2 Å². The van der Waals surface area contributed by atoms with Crippen molar-refractivity contribution in [2.24, 2.45) is 5.73 Å². The fraction of sp³-hybridized carbons (Fsp3) is 0.250. The third-order valence-electron chi connectivity index (χ3n) is 3.03. The minimum atomic E-state index is -4.52. The number of hydrogen-bond acceptors (Lipinski definition) is 2. The molecule has 0 saturated carbocycles. The molecule has 0 saturated heterocycles. The number of benzene rings is 2.